The van der Waals surface area contributed by atoms with Crippen molar-refractivity contribution in [1.82, 2.24) is 0 Å². The van der Waals surface area contributed by atoms with E-state index in [1.54, 1.807) is 7.13 Å². The van der Waals surface area contributed by atoms with Crippen LogP contribution in [0.2, 0.25) is 0 Å². The van der Waals surface area contributed by atoms with Crippen LogP contribution in [0.3, 0.4) is 0 Å². The van der Waals surface area contributed by atoms with Crippen molar-refractivity contribution in [3.63, 3.8) is 0 Å². The molecule has 0 saturated heterocycles. The number of ether oxygens (including phenoxy) is 1. The molecule has 0 atom stereocenters. The molecule has 0 saturated carbocycles. The second-order valence-electron chi connectivity index (χ2n) is 3.51. The average molecular weight is 187 g/mol. The molecule has 14 heavy (non-hydrogen) atoms. The summed E-state index contributed by atoms with van der Waals surface area (Å²) in [6, 6.07) is 4.16. The number of benzene rings is 1. The van der Waals surface area contributed by atoms with E-state index in [4.69, 9.17) is 14.8 Å². The van der Waals surface area contributed by atoms with Crippen LogP contribution in [0.15, 0.2) is 16.5 Å². The van der Waals surface area contributed by atoms with Crippen LogP contribution in [-0.2, 0) is 13.0 Å². The summed E-state index contributed by atoms with van der Waals surface area (Å²) in [5.74, 6) is 1.84. The summed E-state index contributed by atoms with van der Waals surface area (Å²) in [6.07, 6.45) is 0.987. The van der Waals surface area contributed by atoms with E-state index >= 15 is 0 Å². The molecule has 4 heteroatoms. The fourth-order valence-electron chi connectivity index (χ4n) is 1.94. The van der Waals surface area contributed by atoms with Gasteiger partial charge in [-0.2, -0.15) is 0 Å². The van der Waals surface area contributed by atoms with E-state index in [9.17, 15) is 0 Å². The van der Waals surface area contributed by atoms with Crippen LogP contribution in [0.25, 0.3) is 10.7 Å². The molecule has 1 aliphatic rings. The van der Waals surface area contributed by atoms with Gasteiger partial charge in [-0.05, 0) is 0 Å². The third kappa shape index (κ3) is 1.01. The Hall–Kier alpha value is -1.29. The molecule has 0 bridgehead atoms. The van der Waals surface area contributed by atoms with Gasteiger partial charge in [0.15, 0.2) is 0 Å². The number of fused-ring (bicyclic) bond motifs is 2. The zero-order chi connectivity index (χ0) is 9.54. The second kappa shape index (κ2) is 2.85. The number of hydrogen-bond donors (Lipinski definition) is 1. The second-order valence-corrected chi connectivity index (χ2v) is 3.51. The number of hydrogen-bond acceptors (Lipinski definition) is 3. The standard InChI is InChI=1S/C10H10BNO2/c12-5-10-7-3-6-1-2-13-9(6)4-8(7)11-14-10/h3-4H,1-2,5,12H2. The first-order valence-electron chi connectivity index (χ1n) is 4.74. The van der Waals surface area contributed by atoms with Gasteiger partial charge < -0.3 is 0 Å². The van der Waals surface area contributed by atoms with Crippen LogP contribution < -0.4 is 10.5 Å². The predicted octanol–water partition coefficient (Wildman–Crippen LogP) is 1.16. The SMILES string of the molecule is NCc1obc2cc3c(cc12)CCO3. The normalized spacial score (nSPS) is 14.1. The van der Waals surface area contributed by atoms with Gasteiger partial charge in [-0.1, -0.05) is 0 Å². The molecule has 0 spiro atoms. The molecule has 3 rings (SSSR count). The molecule has 70 valence electrons. The maximum absolute atomic E-state index is 5.58. The molecule has 0 amide bonds. The van der Waals surface area contributed by atoms with Crippen molar-refractivity contribution >= 4 is 17.8 Å². The number of nitrogens with two attached hydrogens (primary N) is 1. The molecule has 3 nitrogen and oxygen atoms in total. The van der Waals surface area contributed by atoms with Gasteiger partial charge >= 0.3 is 81.4 Å². The van der Waals surface area contributed by atoms with Crippen LogP contribution in [0.4, 0.5) is 0 Å². The van der Waals surface area contributed by atoms with Crippen molar-refractivity contribution in [2.45, 2.75) is 13.0 Å². The van der Waals surface area contributed by atoms with E-state index in [2.05, 4.69) is 6.07 Å². The zero-order valence-corrected chi connectivity index (χ0v) is 7.75. The van der Waals surface area contributed by atoms with E-state index in [0.717, 1.165) is 35.2 Å². The van der Waals surface area contributed by atoms with E-state index in [1.807, 2.05) is 6.07 Å². The molecule has 0 aliphatic carbocycles. The zero-order valence-electron chi connectivity index (χ0n) is 7.75. The Kier molecular flexibility index (Phi) is 1.64. The molecule has 2 heterocycles. The number of rotatable bonds is 1. The van der Waals surface area contributed by atoms with Crippen molar-refractivity contribution in [3.8, 4) is 5.75 Å². The average Bonchev–Trinajstić information content (AvgIpc) is 2.78. The third-order valence-corrected chi connectivity index (χ3v) is 2.68. The van der Waals surface area contributed by atoms with Gasteiger partial charge in [0.05, 0.1) is 0 Å². The fraction of sp³-hybridized carbons (Fsp3) is 0.300. The molecule has 1 aromatic heterocycles. The van der Waals surface area contributed by atoms with Gasteiger partial charge in [0, 0.05) is 0 Å². The Balaban J connectivity index is 2.30. The molecule has 2 N–H and O–H groups in total. The molecule has 1 aliphatic heterocycles. The van der Waals surface area contributed by atoms with Crippen LogP contribution >= 0.6 is 0 Å². The van der Waals surface area contributed by atoms with Crippen molar-refractivity contribution in [2.24, 2.45) is 5.73 Å². The molecular weight excluding hydrogens is 177 g/mol. The minimum atomic E-state index is 0.448. The van der Waals surface area contributed by atoms with Crippen molar-refractivity contribution < 1.29 is 9.07 Å². The molecule has 0 fully saturated rings. The van der Waals surface area contributed by atoms with Gasteiger partial charge in [0.25, 0.3) is 0 Å². The van der Waals surface area contributed by atoms with E-state index in [-0.39, 0.29) is 0 Å². The van der Waals surface area contributed by atoms with E-state index in [0.29, 0.717) is 6.54 Å². The van der Waals surface area contributed by atoms with Crippen molar-refractivity contribution in [1.29, 1.82) is 0 Å². The van der Waals surface area contributed by atoms with Crippen LogP contribution in [0, 0.1) is 0 Å². The van der Waals surface area contributed by atoms with Crippen LogP contribution in [-0.4, -0.2) is 13.7 Å². The van der Waals surface area contributed by atoms with Crippen molar-refractivity contribution in [2.75, 3.05) is 6.61 Å². The topological polar surface area (TPSA) is 48.4 Å². The maximum atomic E-state index is 5.58. The first kappa shape index (κ1) is 8.06. The molecular formula is C10H10BNO2. The molecule has 1 aromatic carbocycles. The van der Waals surface area contributed by atoms with E-state index < -0.39 is 0 Å². The first-order valence-corrected chi connectivity index (χ1v) is 4.74. The van der Waals surface area contributed by atoms with Gasteiger partial charge in [-0.15, -0.1) is 0 Å². The summed E-state index contributed by atoms with van der Waals surface area (Å²) < 4.78 is 10.8. The Labute approximate surface area is 82.1 Å². The van der Waals surface area contributed by atoms with Gasteiger partial charge in [0.1, 0.15) is 0 Å². The summed E-state index contributed by atoms with van der Waals surface area (Å²) in [6.45, 7) is 1.24. The van der Waals surface area contributed by atoms with Gasteiger partial charge in [0.2, 0.25) is 0 Å². The van der Waals surface area contributed by atoms with Crippen LogP contribution in [0.1, 0.15) is 11.3 Å². The monoisotopic (exact) mass is 187 g/mol. The Morgan fingerprint density at radius 3 is 3.21 bits per heavy atom. The van der Waals surface area contributed by atoms with Gasteiger partial charge in [-0.3, -0.25) is 0 Å². The Morgan fingerprint density at radius 2 is 2.36 bits per heavy atom. The summed E-state index contributed by atoms with van der Waals surface area (Å²) >= 11 is 0. The van der Waals surface area contributed by atoms with Crippen molar-refractivity contribution in [3.05, 3.63) is 23.5 Å². The van der Waals surface area contributed by atoms with Crippen LogP contribution in [0.5, 0.6) is 5.75 Å². The van der Waals surface area contributed by atoms with Gasteiger partial charge in [-0.25, -0.2) is 0 Å². The minimum absolute atomic E-state index is 0.448. The predicted molar refractivity (Wildman–Crippen MR) is 54.7 cm³/mol. The fourth-order valence-corrected chi connectivity index (χ4v) is 1.94. The third-order valence-electron chi connectivity index (χ3n) is 2.68. The summed E-state index contributed by atoms with van der Waals surface area (Å²) in [4.78, 5) is 0. The van der Waals surface area contributed by atoms with E-state index in [1.165, 1.54) is 5.56 Å². The molecule has 2 aromatic rings. The molecule has 0 unspecified atom stereocenters. The molecule has 0 radical (unpaired) electrons. The summed E-state index contributed by atoms with van der Waals surface area (Å²) in [7, 11) is 1.74. The summed E-state index contributed by atoms with van der Waals surface area (Å²) in [5.41, 5.74) is 6.84. The Morgan fingerprint density at radius 1 is 1.43 bits per heavy atom. The summed E-state index contributed by atoms with van der Waals surface area (Å²) in [5, 5.41) is 2.20. The first-order chi connectivity index (χ1) is 6.88. The Bertz CT molecular complexity index is 492. The quantitative estimate of drug-likeness (QED) is 0.728.